The molecule has 1 saturated carbocycles. The van der Waals surface area contributed by atoms with Crippen LogP contribution in [0, 0.1) is 5.41 Å². The monoisotopic (exact) mass is 581 g/mol. The average Bonchev–Trinajstić information content (AvgIpc) is 3.40. The minimum Gasteiger partial charge on any atom is -0.393 e. The number of rotatable bonds is 8. The van der Waals surface area contributed by atoms with Gasteiger partial charge in [0.15, 0.2) is 11.5 Å². The van der Waals surface area contributed by atoms with Gasteiger partial charge in [-0.1, -0.05) is 18.6 Å². The lowest BCUT2D eigenvalue weighted by atomic mass is 9.69. The molecule has 2 fully saturated rings. The van der Waals surface area contributed by atoms with Gasteiger partial charge in [0.25, 0.3) is 0 Å². The van der Waals surface area contributed by atoms with E-state index < -0.39 is 11.7 Å². The molecule has 0 amide bonds. The van der Waals surface area contributed by atoms with Crippen LogP contribution in [0.2, 0.25) is 0 Å². The van der Waals surface area contributed by atoms with Crippen molar-refractivity contribution in [2.24, 2.45) is 5.41 Å². The van der Waals surface area contributed by atoms with Crippen molar-refractivity contribution in [1.82, 2.24) is 24.9 Å². The van der Waals surface area contributed by atoms with Crippen molar-refractivity contribution in [3.8, 4) is 22.8 Å². The van der Waals surface area contributed by atoms with Gasteiger partial charge >= 0.3 is 6.18 Å². The van der Waals surface area contributed by atoms with Gasteiger partial charge in [0.05, 0.1) is 42.0 Å². The van der Waals surface area contributed by atoms with Gasteiger partial charge in [0.1, 0.15) is 17.0 Å². The molecule has 0 bridgehead atoms. The third-order valence-electron chi connectivity index (χ3n) is 8.44. The van der Waals surface area contributed by atoms with Crippen LogP contribution in [0.1, 0.15) is 37.7 Å². The van der Waals surface area contributed by atoms with E-state index in [0.29, 0.717) is 66.5 Å². The number of piperidine rings is 1. The Bertz CT molecular complexity index is 1550. The van der Waals surface area contributed by atoms with Crippen LogP contribution in [0.4, 0.5) is 24.7 Å². The Balaban J connectivity index is 1.38. The van der Waals surface area contributed by atoms with E-state index in [-0.39, 0.29) is 11.5 Å². The fraction of sp³-hybridized carbons (Fsp3) is 0.467. The number of aliphatic hydroxyl groups is 1. The second kappa shape index (κ2) is 11.1. The van der Waals surface area contributed by atoms with E-state index >= 15 is 0 Å². The molecule has 42 heavy (non-hydrogen) atoms. The molecule has 4 heterocycles. The Labute approximate surface area is 241 Å². The van der Waals surface area contributed by atoms with Crippen LogP contribution in [-0.2, 0) is 10.9 Å². The first-order chi connectivity index (χ1) is 20.1. The first kappa shape index (κ1) is 28.4. The molecule has 4 aromatic rings. The highest BCUT2D eigenvalue weighted by molar-refractivity contribution is 5.91. The van der Waals surface area contributed by atoms with Crippen LogP contribution in [0.3, 0.4) is 0 Å². The number of alkyl halides is 3. The summed E-state index contributed by atoms with van der Waals surface area (Å²) >= 11 is 0. The van der Waals surface area contributed by atoms with Gasteiger partial charge in [0.2, 0.25) is 0 Å². The van der Waals surface area contributed by atoms with Gasteiger partial charge in [-0.25, -0.2) is 19.9 Å². The predicted octanol–water partition coefficient (Wildman–Crippen LogP) is 5.31. The van der Waals surface area contributed by atoms with E-state index in [2.05, 4.69) is 29.7 Å². The zero-order valence-electron chi connectivity index (χ0n) is 23.7. The summed E-state index contributed by atoms with van der Waals surface area (Å²) in [5.74, 6) is 1.20. The number of fused-ring (bicyclic) bond motifs is 1. The molecule has 1 saturated heterocycles. The molecule has 0 atom stereocenters. The fourth-order valence-electron chi connectivity index (χ4n) is 6.02. The molecule has 222 valence electrons. The van der Waals surface area contributed by atoms with Gasteiger partial charge < -0.3 is 24.6 Å². The number of methoxy groups -OCH3 is 1. The minimum absolute atomic E-state index is 0.0180. The second-order valence-corrected chi connectivity index (χ2v) is 11.5. The number of imidazole rings is 1. The lowest BCUT2D eigenvalue weighted by molar-refractivity contribution is -0.137. The zero-order chi connectivity index (χ0) is 29.5. The summed E-state index contributed by atoms with van der Waals surface area (Å²) in [6.07, 6.45) is 3.21. The number of hydrogen-bond donors (Lipinski definition) is 2. The maximum atomic E-state index is 13.5. The normalized spacial score (nSPS) is 17.4. The summed E-state index contributed by atoms with van der Waals surface area (Å²) in [5.41, 5.74) is 2.41. The van der Waals surface area contributed by atoms with E-state index in [1.165, 1.54) is 6.07 Å². The third kappa shape index (κ3) is 5.65. The molecular formula is C30H34F3N7O2. The van der Waals surface area contributed by atoms with Crippen molar-refractivity contribution in [3.63, 3.8) is 0 Å². The summed E-state index contributed by atoms with van der Waals surface area (Å²) in [5, 5.41) is 9.80. The molecule has 0 unspecified atom stereocenters. The van der Waals surface area contributed by atoms with Crippen molar-refractivity contribution >= 4 is 22.7 Å². The molecular weight excluding hydrogens is 547 g/mol. The lowest BCUT2D eigenvalue weighted by Crippen LogP contribution is -2.44. The highest BCUT2D eigenvalue weighted by Gasteiger charge is 2.38. The van der Waals surface area contributed by atoms with E-state index in [4.69, 9.17) is 9.72 Å². The SMILES string of the molecule is COCC1(CN(C)c2cc(-c3cccc(C(F)(F)F)c3)nc3nc(-c4cnc(N5CCC(O)CC5)cn4)[nH]c23)CCC1. The Morgan fingerprint density at radius 1 is 1.10 bits per heavy atom. The van der Waals surface area contributed by atoms with Crippen LogP contribution < -0.4 is 9.80 Å². The largest absolute Gasteiger partial charge is 0.416 e. The third-order valence-corrected chi connectivity index (χ3v) is 8.44. The number of H-pyrrole nitrogens is 1. The van der Waals surface area contributed by atoms with Crippen molar-refractivity contribution in [3.05, 3.63) is 48.3 Å². The highest BCUT2D eigenvalue weighted by Crippen LogP contribution is 2.43. The number of ether oxygens (including phenoxy) is 1. The van der Waals surface area contributed by atoms with Crippen LogP contribution in [0.25, 0.3) is 33.9 Å². The summed E-state index contributed by atoms with van der Waals surface area (Å²) in [4.78, 5) is 26.1. The maximum absolute atomic E-state index is 13.5. The molecule has 9 nitrogen and oxygen atoms in total. The first-order valence-electron chi connectivity index (χ1n) is 14.2. The number of pyridine rings is 1. The quantitative estimate of drug-likeness (QED) is 0.289. The average molecular weight is 582 g/mol. The molecule has 1 aliphatic heterocycles. The predicted molar refractivity (Wildman–Crippen MR) is 154 cm³/mol. The Kier molecular flexibility index (Phi) is 7.52. The number of aromatic nitrogens is 5. The number of benzene rings is 1. The summed E-state index contributed by atoms with van der Waals surface area (Å²) in [6.45, 7) is 2.78. The van der Waals surface area contributed by atoms with Crippen molar-refractivity contribution in [2.75, 3.05) is 50.2 Å². The number of hydrogen-bond acceptors (Lipinski definition) is 8. The maximum Gasteiger partial charge on any atom is 0.416 e. The Morgan fingerprint density at radius 2 is 1.88 bits per heavy atom. The molecule has 1 aromatic carbocycles. The van der Waals surface area contributed by atoms with Crippen molar-refractivity contribution in [1.29, 1.82) is 0 Å². The lowest BCUT2D eigenvalue weighted by Gasteiger charge is -2.44. The first-order valence-corrected chi connectivity index (χ1v) is 14.2. The highest BCUT2D eigenvalue weighted by atomic mass is 19.4. The molecule has 12 heteroatoms. The van der Waals surface area contributed by atoms with Crippen LogP contribution in [-0.4, -0.2) is 76.5 Å². The Morgan fingerprint density at radius 3 is 2.52 bits per heavy atom. The van der Waals surface area contributed by atoms with Gasteiger partial charge in [-0.15, -0.1) is 0 Å². The van der Waals surface area contributed by atoms with E-state index in [1.54, 1.807) is 25.6 Å². The van der Waals surface area contributed by atoms with Crippen molar-refractivity contribution in [2.45, 2.75) is 44.4 Å². The van der Waals surface area contributed by atoms with Crippen LogP contribution in [0.15, 0.2) is 42.7 Å². The smallest absolute Gasteiger partial charge is 0.393 e. The topological polar surface area (TPSA) is 103 Å². The number of halogens is 3. The van der Waals surface area contributed by atoms with Gasteiger partial charge in [-0.05, 0) is 43.9 Å². The fourth-order valence-corrected chi connectivity index (χ4v) is 6.02. The number of aromatic amines is 1. The zero-order valence-corrected chi connectivity index (χ0v) is 23.7. The number of aliphatic hydroxyl groups excluding tert-OH is 1. The summed E-state index contributed by atoms with van der Waals surface area (Å²) in [6, 6.07) is 7.02. The van der Waals surface area contributed by atoms with E-state index in [0.717, 1.165) is 49.4 Å². The van der Waals surface area contributed by atoms with Crippen LogP contribution in [0.5, 0.6) is 0 Å². The van der Waals surface area contributed by atoms with E-state index in [9.17, 15) is 18.3 Å². The molecule has 6 rings (SSSR count). The number of nitrogens with one attached hydrogen (secondary N) is 1. The van der Waals surface area contributed by atoms with Gasteiger partial charge in [-0.2, -0.15) is 13.2 Å². The Hall–Kier alpha value is -3.77. The van der Waals surface area contributed by atoms with E-state index in [1.807, 2.05) is 13.1 Å². The number of nitrogens with zero attached hydrogens (tertiary/aromatic N) is 6. The van der Waals surface area contributed by atoms with Crippen molar-refractivity contribution < 1.29 is 23.0 Å². The summed E-state index contributed by atoms with van der Waals surface area (Å²) < 4.78 is 46.1. The molecule has 3 aromatic heterocycles. The molecule has 2 aliphatic rings. The molecule has 0 radical (unpaired) electrons. The second-order valence-electron chi connectivity index (χ2n) is 11.5. The molecule has 2 N–H and O–H groups in total. The summed E-state index contributed by atoms with van der Waals surface area (Å²) in [7, 11) is 3.68. The van der Waals surface area contributed by atoms with Gasteiger partial charge in [0, 0.05) is 44.8 Å². The van der Waals surface area contributed by atoms with Crippen LogP contribution >= 0.6 is 0 Å². The standard InChI is InChI=1S/C30H34F3N7O2/c1-39(17-29(18-42-2)9-4-10-29)24-14-22(19-5-3-6-20(13-19)30(31,32)33)36-28-26(24)37-27(38-28)23-15-35-25(16-34-23)40-11-7-21(41)8-12-40/h3,5-6,13-16,21,41H,4,7-12,17-18H2,1-2H3,(H,36,37,38). The molecule has 1 aliphatic carbocycles. The molecule has 0 spiro atoms. The number of anilines is 2. The van der Waals surface area contributed by atoms with Gasteiger partial charge in [-0.3, -0.25) is 0 Å². The minimum atomic E-state index is -4.46.